The summed E-state index contributed by atoms with van der Waals surface area (Å²) in [7, 11) is 0. The summed E-state index contributed by atoms with van der Waals surface area (Å²) in [5.41, 5.74) is 0.855. The van der Waals surface area contributed by atoms with Crippen LogP contribution in [0.3, 0.4) is 0 Å². The molecule has 5 nitrogen and oxygen atoms in total. The van der Waals surface area contributed by atoms with Crippen LogP contribution in [-0.2, 0) is 4.79 Å². The van der Waals surface area contributed by atoms with E-state index in [0.29, 0.717) is 5.82 Å². The van der Waals surface area contributed by atoms with E-state index in [1.165, 1.54) is 12.3 Å². The van der Waals surface area contributed by atoms with Crippen LogP contribution in [0.4, 0.5) is 0 Å². The van der Waals surface area contributed by atoms with Gasteiger partial charge < -0.3 is 9.84 Å². The Bertz CT molecular complexity index is 514. The van der Waals surface area contributed by atoms with Crippen LogP contribution in [-0.4, -0.2) is 27.7 Å². The van der Waals surface area contributed by atoms with Gasteiger partial charge in [-0.2, -0.15) is 4.98 Å². The minimum atomic E-state index is -1.04. The van der Waals surface area contributed by atoms with Gasteiger partial charge in [-0.1, -0.05) is 30.3 Å². The molecule has 0 unspecified atom stereocenters. The van der Waals surface area contributed by atoms with Gasteiger partial charge in [-0.25, -0.2) is 9.78 Å². The molecule has 0 amide bonds. The van der Waals surface area contributed by atoms with Crippen molar-refractivity contribution in [3.63, 3.8) is 0 Å². The largest absolute Gasteiger partial charge is 0.479 e. The second-order valence-corrected chi connectivity index (χ2v) is 3.27. The number of carboxylic acid groups (broad SMARTS) is 1. The Kier molecular flexibility index (Phi) is 3.30. The Hall–Kier alpha value is -2.43. The van der Waals surface area contributed by atoms with Crippen LogP contribution >= 0.6 is 0 Å². The molecule has 0 bridgehead atoms. The Labute approximate surface area is 97.7 Å². The molecule has 2 rings (SSSR count). The summed E-state index contributed by atoms with van der Waals surface area (Å²) in [6.45, 7) is -0.411. The smallest absolute Gasteiger partial charge is 0.341 e. The average molecular weight is 230 g/mol. The Balaban J connectivity index is 2.20. The molecule has 17 heavy (non-hydrogen) atoms. The van der Waals surface area contributed by atoms with E-state index in [0.717, 1.165) is 5.56 Å². The molecule has 86 valence electrons. The van der Waals surface area contributed by atoms with Crippen LogP contribution in [0.25, 0.3) is 11.4 Å². The summed E-state index contributed by atoms with van der Waals surface area (Å²) in [5.74, 6) is -0.278. The van der Waals surface area contributed by atoms with Crippen molar-refractivity contribution < 1.29 is 14.6 Å². The summed E-state index contributed by atoms with van der Waals surface area (Å²) in [6.07, 6.45) is 1.53. The number of rotatable bonds is 4. The lowest BCUT2D eigenvalue weighted by Crippen LogP contribution is -2.10. The van der Waals surface area contributed by atoms with Crippen molar-refractivity contribution in [2.45, 2.75) is 0 Å². The molecule has 0 aliphatic rings. The maximum absolute atomic E-state index is 10.4. The molecule has 0 saturated heterocycles. The van der Waals surface area contributed by atoms with E-state index in [-0.39, 0.29) is 5.88 Å². The summed E-state index contributed by atoms with van der Waals surface area (Å²) in [5, 5.41) is 8.49. The molecule has 0 aliphatic carbocycles. The molecule has 1 aromatic carbocycles. The lowest BCUT2D eigenvalue weighted by atomic mass is 10.2. The minimum absolute atomic E-state index is 0.251. The third-order valence-electron chi connectivity index (χ3n) is 2.01. The summed E-state index contributed by atoms with van der Waals surface area (Å²) in [4.78, 5) is 18.6. The van der Waals surface area contributed by atoms with Gasteiger partial charge in [0.25, 0.3) is 0 Å². The Morgan fingerprint density at radius 2 is 2.00 bits per heavy atom. The van der Waals surface area contributed by atoms with Crippen molar-refractivity contribution in [1.82, 2.24) is 9.97 Å². The van der Waals surface area contributed by atoms with E-state index in [1.54, 1.807) is 0 Å². The van der Waals surface area contributed by atoms with Crippen LogP contribution < -0.4 is 4.74 Å². The molecule has 0 aliphatic heterocycles. The standard InChI is InChI=1S/C12H10N2O3/c15-11(16)8-17-10-6-7-13-12(14-10)9-4-2-1-3-5-9/h1-7H,8H2,(H,15,16). The maximum Gasteiger partial charge on any atom is 0.341 e. The zero-order chi connectivity index (χ0) is 12.1. The van der Waals surface area contributed by atoms with Gasteiger partial charge in [0.1, 0.15) is 0 Å². The van der Waals surface area contributed by atoms with Crippen molar-refractivity contribution in [1.29, 1.82) is 0 Å². The van der Waals surface area contributed by atoms with Crippen LogP contribution in [0.2, 0.25) is 0 Å². The molecule has 1 heterocycles. The predicted octanol–water partition coefficient (Wildman–Crippen LogP) is 1.61. The van der Waals surface area contributed by atoms with Gasteiger partial charge in [-0.05, 0) is 0 Å². The van der Waals surface area contributed by atoms with E-state index >= 15 is 0 Å². The fourth-order valence-corrected chi connectivity index (χ4v) is 1.28. The van der Waals surface area contributed by atoms with E-state index < -0.39 is 12.6 Å². The average Bonchev–Trinajstić information content (AvgIpc) is 2.38. The number of ether oxygens (including phenoxy) is 1. The number of aromatic nitrogens is 2. The third kappa shape index (κ3) is 3.01. The first kappa shape index (κ1) is 11.1. The molecule has 0 spiro atoms. The van der Waals surface area contributed by atoms with Gasteiger partial charge in [-0.15, -0.1) is 0 Å². The number of nitrogens with zero attached hydrogens (tertiary/aromatic N) is 2. The van der Waals surface area contributed by atoms with Crippen molar-refractivity contribution in [2.75, 3.05) is 6.61 Å². The fourth-order valence-electron chi connectivity index (χ4n) is 1.28. The zero-order valence-corrected chi connectivity index (χ0v) is 8.91. The highest BCUT2D eigenvalue weighted by atomic mass is 16.5. The van der Waals surface area contributed by atoms with Crippen LogP contribution in [0.5, 0.6) is 5.88 Å². The highest BCUT2D eigenvalue weighted by molar-refractivity contribution is 5.68. The fraction of sp³-hybridized carbons (Fsp3) is 0.0833. The quantitative estimate of drug-likeness (QED) is 0.863. The Morgan fingerprint density at radius 3 is 2.71 bits per heavy atom. The summed E-state index contributed by atoms with van der Waals surface area (Å²) >= 11 is 0. The second-order valence-electron chi connectivity index (χ2n) is 3.27. The topological polar surface area (TPSA) is 72.3 Å². The molecular formula is C12H10N2O3. The van der Waals surface area contributed by atoms with Gasteiger partial charge in [0.15, 0.2) is 12.4 Å². The zero-order valence-electron chi connectivity index (χ0n) is 8.91. The van der Waals surface area contributed by atoms with Crippen molar-refractivity contribution in [2.24, 2.45) is 0 Å². The lowest BCUT2D eigenvalue weighted by Gasteiger charge is -2.04. The van der Waals surface area contributed by atoms with Crippen molar-refractivity contribution >= 4 is 5.97 Å². The molecule has 5 heteroatoms. The van der Waals surface area contributed by atoms with E-state index in [4.69, 9.17) is 9.84 Å². The van der Waals surface area contributed by atoms with Crippen molar-refractivity contribution in [3.05, 3.63) is 42.6 Å². The normalized spacial score (nSPS) is 9.88. The van der Waals surface area contributed by atoms with Crippen LogP contribution in [0, 0.1) is 0 Å². The molecule has 0 saturated carbocycles. The van der Waals surface area contributed by atoms with Crippen molar-refractivity contribution in [3.8, 4) is 17.3 Å². The second kappa shape index (κ2) is 5.07. The van der Waals surface area contributed by atoms with Crippen LogP contribution in [0.1, 0.15) is 0 Å². The van der Waals surface area contributed by atoms with E-state index in [2.05, 4.69) is 9.97 Å². The highest BCUT2D eigenvalue weighted by Crippen LogP contribution is 2.16. The third-order valence-corrected chi connectivity index (χ3v) is 2.01. The Morgan fingerprint density at radius 1 is 1.24 bits per heavy atom. The SMILES string of the molecule is O=C(O)COc1ccnc(-c2ccccc2)n1. The first-order valence-electron chi connectivity index (χ1n) is 4.99. The van der Waals surface area contributed by atoms with Gasteiger partial charge in [-0.3, -0.25) is 0 Å². The predicted molar refractivity (Wildman–Crippen MR) is 60.6 cm³/mol. The molecular weight excluding hydrogens is 220 g/mol. The van der Waals surface area contributed by atoms with Gasteiger partial charge in [0.05, 0.1) is 0 Å². The number of hydrogen-bond acceptors (Lipinski definition) is 4. The lowest BCUT2D eigenvalue weighted by molar-refractivity contribution is -0.139. The number of hydrogen-bond donors (Lipinski definition) is 1. The number of aliphatic carboxylic acids is 1. The van der Waals surface area contributed by atoms with E-state index in [9.17, 15) is 4.79 Å². The molecule has 1 aromatic heterocycles. The van der Waals surface area contributed by atoms with Gasteiger partial charge >= 0.3 is 5.97 Å². The first-order valence-corrected chi connectivity index (χ1v) is 4.99. The molecule has 1 N–H and O–H groups in total. The number of carboxylic acids is 1. The van der Waals surface area contributed by atoms with Crippen LogP contribution in [0.15, 0.2) is 42.6 Å². The monoisotopic (exact) mass is 230 g/mol. The van der Waals surface area contributed by atoms with Gasteiger partial charge in [0, 0.05) is 17.8 Å². The molecule has 0 atom stereocenters. The first-order chi connectivity index (χ1) is 8.25. The maximum atomic E-state index is 10.4. The molecule has 0 fully saturated rings. The van der Waals surface area contributed by atoms with Gasteiger partial charge in [0.2, 0.25) is 5.88 Å². The molecule has 0 radical (unpaired) electrons. The minimum Gasteiger partial charge on any atom is -0.479 e. The summed E-state index contributed by atoms with van der Waals surface area (Å²) in [6, 6.07) is 10.9. The number of carbonyl (C=O) groups is 1. The highest BCUT2D eigenvalue weighted by Gasteiger charge is 2.04. The molecule has 2 aromatic rings. The summed E-state index contributed by atoms with van der Waals surface area (Å²) < 4.78 is 4.98. The van der Waals surface area contributed by atoms with E-state index in [1.807, 2.05) is 30.3 Å². The number of benzene rings is 1.